The van der Waals surface area contributed by atoms with Crippen molar-refractivity contribution in [2.75, 3.05) is 20.1 Å². The molecule has 0 bridgehead atoms. The van der Waals surface area contributed by atoms with Crippen molar-refractivity contribution in [1.82, 2.24) is 10.2 Å². The first-order valence-electron chi connectivity index (χ1n) is 8.31. The van der Waals surface area contributed by atoms with Crippen LogP contribution in [0.5, 0.6) is 0 Å². The molecule has 2 aliphatic rings. The first-order valence-corrected chi connectivity index (χ1v) is 8.31. The molecule has 1 saturated carbocycles. The van der Waals surface area contributed by atoms with Crippen molar-refractivity contribution in [2.24, 2.45) is 5.92 Å². The van der Waals surface area contributed by atoms with Crippen molar-refractivity contribution in [3.8, 4) is 0 Å². The van der Waals surface area contributed by atoms with Gasteiger partial charge >= 0.3 is 0 Å². The molecule has 3 atom stereocenters. The Morgan fingerprint density at radius 1 is 1.29 bits per heavy atom. The molecule has 1 aliphatic heterocycles. The second-order valence-electron chi connectivity index (χ2n) is 6.43. The second kappa shape index (κ2) is 6.61. The van der Waals surface area contributed by atoms with Gasteiger partial charge in [-0.15, -0.1) is 0 Å². The maximum atomic E-state index is 12.8. The van der Waals surface area contributed by atoms with Crippen molar-refractivity contribution in [2.45, 2.75) is 44.1 Å². The van der Waals surface area contributed by atoms with Gasteiger partial charge in [0, 0.05) is 18.5 Å². The van der Waals surface area contributed by atoms with Crippen molar-refractivity contribution >= 4 is 5.91 Å². The number of carbonyl (C=O) groups is 1. The number of hydrogen-bond donors (Lipinski definition) is 1. The number of piperidine rings is 1. The molecule has 3 heteroatoms. The van der Waals surface area contributed by atoms with Gasteiger partial charge in [0.2, 0.25) is 5.91 Å². The molecule has 21 heavy (non-hydrogen) atoms. The van der Waals surface area contributed by atoms with Crippen LogP contribution in [0.3, 0.4) is 0 Å². The predicted octanol–water partition coefficient (Wildman–Crippen LogP) is 2.78. The molecule has 1 aliphatic carbocycles. The van der Waals surface area contributed by atoms with Gasteiger partial charge in [0.15, 0.2) is 0 Å². The smallest absolute Gasteiger partial charge is 0.226 e. The zero-order valence-corrected chi connectivity index (χ0v) is 12.9. The van der Waals surface area contributed by atoms with Gasteiger partial charge in [-0.25, -0.2) is 0 Å². The molecule has 3 unspecified atom stereocenters. The summed E-state index contributed by atoms with van der Waals surface area (Å²) < 4.78 is 0. The lowest BCUT2D eigenvalue weighted by Gasteiger charge is -2.36. The minimum Gasteiger partial charge on any atom is -0.339 e. The van der Waals surface area contributed by atoms with Gasteiger partial charge < -0.3 is 10.2 Å². The molecule has 1 saturated heterocycles. The van der Waals surface area contributed by atoms with E-state index in [1.807, 2.05) is 13.1 Å². The lowest BCUT2D eigenvalue weighted by molar-refractivity contribution is -0.136. The molecule has 0 aromatic heterocycles. The highest BCUT2D eigenvalue weighted by Crippen LogP contribution is 2.49. The maximum absolute atomic E-state index is 12.8. The molecule has 2 fully saturated rings. The van der Waals surface area contributed by atoms with Crippen molar-refractivity contribution in [3.63, 3.8) is 0 Å². The third-order valence-corrected chi connectivity index (χ3v) is 4.97. The van der Waals surface area contributed by atoms with Crippen LogP contribution in [-0.4, -0.2) is 37.0 Å². The first-order chi connectivity index (χ1) is 10.3. The fourth-order valence-corrected chi connectivity index (χ4v) is 3.65. The normalized spacial score (nSPS) is 28.4. The molecular weight excluding hydrogens is 260 g/mol. The molecule has 114 valence electrons. The monoisotopic (exact) mass is 286 g/mol. The summed E-state index contributed by atoms with van der Waals surface area (Å²) in [5, 5.41) is 3.22. The summed E-state index contributed by atoms with van der Waals surface area (Å²) in [7, 11) is 1.99. The van der Waals surface area contributed by atoms with Gasteiger partial charge in [-0.05, 0) is 57.2 Å². The Morgan fingerprint density at radius 2 is 2.10 bits per heavy atom. The number of carbonyl (C=O) groups excluding carboxylic acids is 1. The van der Waals surface area contributed by atoms with Crippen LogP contribution >= 0.6 is 0 Å². The van der Waals surface area contributed by atoms with Crippen LogP contribution in [0, 0.1) is 5.92 Å². The molecule has 1 N–H and O–H groups in total. The molecule has 1 aromatic carbocycles. The van der Waals surface area contributed by atoms with E-state index in [1.165, 1.54) is 24.8 Å². The van der Waals surface area contributed by atoms with Crippen LogP contribution in [0.15, 0.2) is 30.3 Å². The number of rotatable bonds is 5. The van der Waals surface area contributed by atoms with Gasteiger partial charge in [-0.3, -0.25) is 4.79 Å². The van der Waals surface area contributed by atoms with E-state index in [0.29, 0.717) is 17.9 Å². The number of hydrogen-bond acceptors (Lipinski definition) is 2. The average molecular weight is 286 g/mol. The lowest BCUT2D eigenvalue weighted by atomic mass is 9.98. The maximum Gasteiger partial charge on any atom is 0.226 e. The molecular formula is C18H26N2O. The van der Waals surface area contributed by atoms with E-state index in [1.54, 1.807) is 0 Å². The van der Waals surface area contributed by atoms with Gasteiger partial charge in [-0.1, -0.05) is 30.3 Å². The van der Waals surface area contributed by atoms with E-state index in [-0.39, 0.29) is 5.92 Å². The average Bonchev–Trinajstić information content (AvgIpc) is 3.34. The minimum atomic E-state index is 0.239. The summed E-state index contributed by atoms with van der Waals surface area (Å²) in [5.74, 6) is 1.11. The zero-order chi connectivity index (χ0) is 14.7. The van der Waals surface area contributed by atoms with E-state index >= 15 is 0 Å². The topological polar surface area (TPSA) is 32.3 Å². The summed E-state index contributed by atoms with van der Waals surface area (Å²) in [5.41, 5.74) is 1.33. The molecule has 1 heterocycles. The Balaban J connectivity index is 1.62. The quantitative estimate of drug-likeness (QED) is 0.902. The summed E-state index contributed by atoms with van der Waals surface area (Å²) in [6.07, 6.45) is 5.74. The second-order valence-corrected chi connectivity index (χ2v) is 6.43. The Kier molecular flexibility index (Phi) is 4.59. The first kappa shape index (κ1) is 14.6. The third-order valence-electron chi connectivity index (χ3n) is 4.97. The third kappa shape index (κ3) is 3.29. The predicted molar refractivity (Wildman–Crippen MR) is 85.2 cm³/mol. The van der Waals surface area contributed by atoms with Crippen LogP contribution in [0.1, 0.15) is 43.6 Å². The van der Waals surface area contributed by atoms with Crippen LogP contribution in [0.25, 0.3) is 0 Å². The fraction of sp³-hybridized carbons (Fsp3) is 0.611. The fourth-order valence-electron chi connectivity index (χ4n) is 3.65. The lowest BCUT2D eigenvalue weighted by Crippen LogP contribution is -2.45. The number of benzene rings is 1. The van der Waals surface area contributed by atoms with Crippen molar-refractivity contribution in [3.05, 3.63) is 35.9 Å². The highest BCUT2D eigenvalue weighted by atomic mass is 16.2. The van der Waals surface area contributed by atoms with Crippen LogP contribution in [-0.2, 0) is 4.79 Å². The van der Waals surface area contributed by atoms with Crippen molar-refractivity contribution < 1.29 is 4.79 Å². The van der Waals surface area contributed by atoms with Gasteiger partial charge in [0.1, 0.15) is 0 Å². The minimum absolute atomic E-state index is 0.239. The van der Waals surface area contributed by atoms with Crippen molar-refractivity contribution in [1.29, 1.82) is 0 Å². The Morgan fingerprint density at radius 3 is 2.86 bits per heavy atom. The van der Waals surface area contributed by atoms with Gasteiger partial charge in [0.25, 0.3) is 0 Å². The van der Waals surface area contributed by atoms with E-state index in [2.05, 4.69) is 34.5 Å². The molecule has 3 nitrogen and oxygen atoms in total. The molecule has 3 rings (SSSR count). The summed E-state index contributed by atoms with van der Waals surface area (Å²) in [4.78, 5) is 15.0. The summed E-state index contributed by atoms with van der Waals surface area (Å²) in [6, 6.07) is 11.0. The number of nitrogens with zero attached hydrogens (tertiary/aromatic N) is 1. The molecule has 0 spiro atoms. The van der Waals surface area contributed by atoms with E-state index in [9.17, 15) is 4.79 Å². The molecule has 0 radical (unpaired) electrons. The van der Waals surface area contributed by atoms with Gasteiger partial charge in [-0.2, -0.15) is 0 Å². The van der Waals surface area contributed by atoms with E-state index < -0.39 is 0 Å². The number of amides is 1. The highest BCUT2D eigenvalue weighted by Gasteiger charge is 2.46. The van der Waals surface area contributed by atoms with Crippen LogP contribution in [0.4, 0.5) is 0 Å². The Labute approximate surface area is 127 Å². The molecule has 1 aromatic rings. The Bertz CT molecular complexity index is 473. The standard InChI is InChI=1S/C18H26N2O/c1-19-11-10-15-9-5-6-12-20(15)18(21)17-13-16(17)14-7-3-2-4-8-14/h2-4,7-8,15-17,19H,5-6,9-13H2,1H3. The largest absolute Gasteiger partial charge is 0.339 e. The summed E-state index contributed by atoms with van der Waals surface area (Å²) in [6.45, 7) is 1.96. The molecule has 1 amide bonds. The zero-order valence-electron chi connectivity index (χ0n) is 12.9. The Hall–Kier alpha value is -1.35. The number of likely N-dealkylation sites (tertiary alicyclic amines) is 1. The van der Waals surface area contributed by atoms with E-state index in [0.717, 1.165) is 25.9 Å². The van der Waals surface area contributed by atoms with Crippen LogP contribution in [0.2, 0.25) is 0 Å². The van der Waals surface area contributed by atoms with E-state index in [4.69, 9.17) is 0 Å². The summed E-state index contributed by atoms with van der Waals surface area (Å²) >= 11 is 0. The number of nitrogens with one attached hydrogen (secondary N) is 1. The van der Waals surface area contributed by atoms with Gasteiger partial charge in [0.05, 0.1) is 0 Å². The highest BCUT2D eigenvalue weighted by molar-refractivity contribution is 5.83. The van der Waals surface area contributed by atoms with Crippen LogP contribution < -0.4 is 5.32 Å². The SMILES string of the molecule is CNCCC1CCCCN1C(=O)C1CC1c1ccccc1.